The highest BCUT2D eigenvalue weighted by molar-refractivity contribution is 5.49. The van der Waals surface area contributed by atoms with Crippen LogP contribution >= 0.6 is 0 Å². The van der Waals surface area contributed by atoms with Crippen LogP contribution in [-0.2, 0) is 15.3 Å². The van der Waals surface area contributed by atoms with Gasteiger partial charge in [0.05, 0.1) is 0 Å². The number of hydrogen-bond donors (Lipinski definition) is 0. The van der Waals surface area contributed by atoms with Crippen molar-refractivity contribution in [3.63, 3.8) is 0 Å². The number of carbonyl (C=O) groups excluding carboxylic acids is 2. The summed E-state index contributed by atoms with van der Waals surface area (Å²) in [4.78, 5) is 29.0. The molecule has 19 heavy (non-hydrogen) atoms. The molecule has 4 heteroatoms. The predicted octanol–water partition coefficient (Wildman–Crippen LogP) is 2.67. The van der Waals surface area contributed by atoms with E-state index < -0.39 is 5.66 Å². The van der Waals surface area contributed by atoms with Crippen molar-refractivity contribution in [1.82, 2.24) is 0 Å². The number of rotatable bonds is 4. The summed E-state index contributed by atoms with van der Waals surface area (Å²) >= 11 is 0. The van der Waals surface area contributed by atoms with E-state index in [0.717, 1.165) is 0 Å². The highest BCUT2D eigenvalue weighted by atomic mass is 16.1. The molecular formula is C15H11N2O2+. The molecule has 2 aromatic carbocycles. The standard InChI is InChI=1S/C15H10N2O2/c18-11-16-15(17-12-19,13-7-3-1-4-8-13)14-9-5-2-6-10-14/h1-10H/p+1. The fraction of sp³-hybridized carbons (Fsp3) is 0.0667. The van der Waals surface area contributed by atoms with Gasteiger partial charge in [0.1, 0.15) is 0 Å². The summed E-state index contributed by atoms with van der Waals surface area (Å²) in [7, 11) is 0. The molecule has 0 saturated heterocycles. The summed E-state index contributed by atoms with van der Waals surface area (Å²) in [6.45, 7) is 0. The van der Waals surface area contributed by atoms with E-state index in [4.69, 9.17) is 0 Å². The van der Waals surface area contributed by atoms with Crippen LogP contribution in [0.4, 0.5) is 0 Å². The Balaban J connectivity index is 0.00000200. The van der Waals surface area contributed by atoms with Gasteiger partial charge in [-0.15, -0.1) is 0 Å². The molecule has 0 bridgehead atoms. The van der Waals surface area contributed by atoms with Gasteiger partial charge in [0.2, 0.25) is 17.8 Å². The highest BCUT2D eigenvalue weighted by Crippen LogP contribution is 2.34. The Labute approximate surface area is 111 Å². The molecule has 2 aromatic rings. The second-order valence-corrected chi connectivity index (χ2v) is 3.81. The average Bonchev–Trinajstić information content (AvgIpc) is 2.49. The van der Waals surface area contributed by atoms with Crippen LogP contribution in [0.1, 0.15) is 12.6 Å². The van der Waals surface area contributed by atoms with Gasteiger partial charge in [-0.05, 0) is 0 Å². The molecule has 0 fully saturated rings. The molecule has 0 aliphatic heterocycles. The summed E-state index contributed by atoms with van der Waals surface area (Å²) < 4.78 is 0. The fourth-order valence-corrected chi connectivity index (χ4v) is 1.92. The Hall–Kier alpha value is -2.80. The third-order valence-corrected chi connectivity index (χ3v) is 2.77. The van der Waals surface area contributed by atoms with E-state index in [-0.39, 0.29) is 1.43 Å². The van der Waals surface area contributed by atoms with E-state index in [2.05, 4.69) is 9.98 Å². The largest absolute Gasteiger partial charge is 1.00 e. The van der Waals surface area contributed by atoms with E-state index in [1.807, 2.05) is 12.1 Å². The van der Waals surface area contributed by atoms with Gasteiger partial charge in [-0.3, -0.25) is 0 Å². The summed E-state index contributed by atoms with van der Waals surface area (Å²) in [5.41, 5.74) is -0.202. The Kier molecular flexibility index (Phi) is 3.79. The number of hydrogen-bond acceptors (Lipinski definition) is 4. The monoisotopic (exact) mass is 251 g/mol. The zero-order valence-corrected chi connectivity index (χ0v) is 9.98. The minimum atomic E-state index is -1.41. The average molecular weight is 251 g/mol. The third kappa shape index (κ3) is 2.40. The molecule has 0 aromatic heterocycles. The Morgan fingerprint density at radius 1 is 0.737 bits per heavy atom. The van der Waals surface area contributed by atoms with Crippen LogP contribution in [0.2, 0.25) is 0 Å². The first-order chi connectivity index (χ1) is 9.33. The van der Waals surface area contributed by atoms with E-state index >= 15 is 0 Å². The number of benzene rings is 2. The Bertz CT molecular complexity index is 587. The SMILES string of the molecule is O=C=NC(N=C=O)(c1ccccc1)c1ccccc1.[H+]. The Morgan fingerprint density at radius 3 is 1.42 bits per heavy atom. The molecular weight excluding hydrogens is 240 g/mol. The van der Waals surface area contributed by atoms with Crippen molar-refractivity contribution >= 4 is 12.2 Å². The molecule has 0 radical (unpaired) electrons. The van der Waals surface area contributed by atoms with Crippen LogP contribution < -0.4 is 0 Å². The maximum Gasteiger partial charge on any atom is 1.00 e. The summed E-state index contributed by atoms with van der Waals surface area (Å²) in [5, 5.41) is 0. The van der Waals surface area contributed by atoms with E-state index in [1.54, 1.807) is 48.5 Å². The van der Waals surface area contributed by atoms with Crippen molar-refractivity contribution in [2.45, 2.75) is 5.66 Å². The maximum absolute atomic E-state index is 10.8. The normalized spacial score (nSPS) is 10.1. The molecule has 0 amide bonds. The van der Waals surface area contributed by atoms with Crippen LogP contribution in [0.25, 0.3) is 0 Å². The van der Waals surface area contributed by atoms with Crippen molar-refractivity contribution in [2.24, 2.45) is 9.98 Å². The second kappa shape index (κ2) is 5.69. The van der Waals surface area contributed by atoms with Crippen LogP contribution in [0, 0.1) is 0 Å². The van der Waals surface area contributed by atoms with Crippen molar-refractivity contribution < 1.29 is 11.0 Å². The van der Waals surface area contributed by atoms with Gasteiger partial charge >= 0.3 is 1.43 Å². The van der Waals surface area contributed by atoms with Gasteiger partial charge in [-0.2, -0.15) is 9.98 Å². The summed E-state index contributed by atoms with van der Waals surface area (Å²) in [5.74, 6) is 0. The lowest BCUT2D eigenvalue weighted by molar-refractivity contribution is 0.516. The highest BCUT2D eigenvalue weighted by Gasteiger charge is 2.33. The third-order valence-electron chi connectivity index (χ3n) is 2.77. The first-order valence-electron chi connectivity index (χ1n) is 5.62. The molecule has 0 aliphatic carbocycles. The molecule has 0 unspecified atom stereocenters. The van der Waals surface area contributed by atoms with Crippen molar-refractivity contribution in [1.29, 1.82) is 0 Å². The van der Waals surface area contributed by atoms with Gasteiger partial charge in [0.25, 0.3) is 0 Å². The minimum absolute atomic E-state index is 0. The molecule has 92 valence electrons. The van der Waals surface area contributed by atoms with E-state index in [9.17, 15) is 9.59 Å². The lowest BCUT2D eigenvalue weighted by Gasteiger charge is -2.22. The predicted molar refractivity (Wildman–Crippen MR) is 71.0 cm³/mol. The second-order valence-electron chi connectivity index (χ2n) is 3.81. The first-order valence-corrected chi connectivity index (χ1v) is 5.62. The van der Waals surface area contributed by atoms with Crippen LogP contribution in [-0.4, -0.2) is 12.2 Å². The van der Waals surface area contributed by atoms with Crippen LogP contribution in [0.3, 0.4) is 0 Å². The van der Waals surface area contributed by atoms with Crippen LogP contribution in [0.5, 0.6) is 0 Å². The zero-order valence-electron chi connectivity index (χ0n) is 11.0. The molecule has 0 saturated carbocycles. The number of nitrogens with zero attached hydrogens (tertiary/aromatic N) is 2. The summed E-state index contributed by atoms with van der Waals surface area (Å²) in [6.07, 6.45) is 2.99. The molecule has 4 nitrogen and oxygen atoms in total. The van der Waals surface area contributed by atoms with Gasteiger partial charge in [-0.25, -0.2) is 9.59 Å². The first kappa shape index (κ1) is 12.7. The van der Waals surface area contributed by atoms with Gasteiger partial charge in [0, 0.05) is 11.1 Å². The van der Waals surface area contributed by atoms with Crippen molar-refractivity contribution in [3.8, 4) is 0 Å². The quantitative estimate of drug-likeness (QED) is 0.619. The zero-order chi connectivity index (χ0) is 13.6. The van der Waals surface area contributed by atoms with E-state index in [1.165, 1.54) is 12.2 Å². The number of isocyanates is 2. The lowest BCUT2D eigenvalue weighted by atomic mass is 9.92. The van der Waals surface area contributed by atoms with Crippen molar-refractivity contribution in [2.75, 3.05) is 0 Å². The topological polar surface area (TPSA) is 58.9 Å². The van der Waals surface area contributed by atoms with Gasteiger partial charge < -0.3 is 0 Å². The molecule has 0 aliphatic rings. The molecule has 0 N–H and O–H groups in total. The van der Waals surface area contributed by atoms with E-state index in [0.29, 0.717) is 11.1 Å². The summed E-state index contributed by atoms with van der Waals surface area (Å²) in [6, 6.07) is 17.8. The van der Waals surface area contributed by atoms with Gasteiger partial charge in [0.15, 0.2) is 0 Å². The number of aliphatic imine (C=N–C) groups is 2. The molecule has 2 rings (SSSR count). The molecule has 0 heterocycles. The van der Waals surface area contributed by atoms with Gasteiger partial charge in [-0.1, -0.05) is 60.7 Å². The molecule has 0 spiro atoms. The Morgan fingerprint density at radius 2 is 1.11 bits per heavy atom. The molecule has 0 atom stereocenters. The fourth-order valence-electron chi connectivity index (χ4n) is 1.92. The van der Waals surface area contributed by atoms with Crippen LogP contribution in [0.15, 0.2) is 70.6 Å². The minimum Gasteiger partial charge on any atom is -0.211 e. The smallest absolute Gasteiger partial charge is 0.211 e. The lowest BCUT2D eigenvalue weighted by Crippen LogP contribution is -2.22. The van der Waals surface area contributed by atoms with Crippen molar-refractivity contribution in [3.05, 3.63) is 71.8 Å². The maximum atomic E-state index is 10.8.